The van der Waals surface area contributed by atoms with Crippen molar-refractivity contribution >= 4 is 5.97 Å². The molecule has 20 heavy (non-hydrogen) atoms. The van der Waals surface area contributed by atoms with Gasteiger partial charge in [-0.05, 0) is 31.2 Å². The van der Waals surface area contributed by atoms with Crippen LogP contribution in [0.5, 0.6) is 0 Å². The number of hydrogen-bond acceptors (Lipinski definition) is 4. The fourth-order valence-corrected chi connectivity index (χ4v) is 1.51. The minimum absolute atomic E-state index is 0.229. The first-order valence-corrected chi connectivity index (χ1v) is 6.33. The zero-order chi connectivity index (χ0) is 14.8. The molecular formula is C16H18N2O2. The lowest BCUT2D eigenvalue weighted by Crippen LogP contribution is -2.04. The number of ether oxygens (including phenoxy) is 1. The highest BCUT2D eigenvalue weighted by atomic mass is 16.5. The highest BCUT2D eigenvalue weighted by molar-refractivity contribution is 5.92. The Morgan fingerprint density at radius 1 is 1.25 bits per heavy atom. The highest BCUT2D eigenvalue weighted by Crippen LogP contribution is 2.12. The van der Waals surface area contributed by atoms with Crippen molar-refractivity contribution in [1.29, 1.82) is 0 Å². The van der Waals surface area contributed by atoms with Gasteiger partial charge in [-0.3, -0.25) is 0 Å². The molecule has 104 valence electrons. The van der Waals surface area contributed by atoms with Gasteiger partial charge in [0.1, 0.15) is 0 Å². The second kappa shape index (κ2) is 8.77. The van der Waals surface area contributed by atoms with E-state index in [9.17, 15) is 4.79 Å². The van der Waals surface area contributed by atoms with Crippen LogP contribution in [0.25, 0.3) is 0 Å². The predicted molar refractivity (Wildman–Crippen MR) is 78.9 cm³/mol. The summed E-state index contributed by atoms with van der Waals surface area (Å²) in [5.41, 5.74) is 12.6. The van der Waals surface area contributed by atoms with E-state index >= 15 is 0 Å². The molecule has 0 spiro atoms. The third-order valence-electron chi connectivity index (χ3n) is 2.49. The summed E-state index contributed by atoms with van der Waals surface area (Å²) in [5.74, 6) is 11.2. The zero-order valence-corrected chi connectivity index (χ0v) is 11.5. The summed E-state index contributed by atoms with van der Waals surface area (Å²) in [4.78, 5) is 11.6. The Labute approximate surface area is 119 Å². The second-order valence-electron chi connectivity index (χ2n) is 3.95. The van der Waals surface area contributed by atoms with Crippen LogP contribution in [0.4, 0.5) is 0 Å². The molecule has 0 aliphatic heterocycles. The van der Waals surface area contributed by atoms with Crippen molar-refractivity contribution in [3.63, 3.8) is 0 Å². The van der Waals surface area contributed by atoms with Crippen LogP contribution in [-0.2, 0) is 4.74 Å². The first kappa shape index (κ1) is 15.8. The van der Waals surface area contributed by atoms with Crippen LogP contribution in [0, 0.1) is 23.7 Å². The molecule has 0 atom stereocenters. The van der Waals surface area contributed by atoms with Gasteiger partial charge in [0.15, 0.2) is 0 Å². The van der Waals surface area contributed by atoms with Crippen LogP contribution in [0.1, 0.15) is 34.3 Å². The number of hydrogen-bond donors (Lipinski definition) is 2. The van der Waals surface area contributed by atoms with Crippen molar-refractivity contribution in [2.24, 2.45) is 11.5 Å². The Hall–Kier alpha value is -2.27. The summed E-state index contributed by atoms with van der Waals surface area (Å²) in [6.45, 7) is 0.857. The van der Waals surface area contributed by atoms with E-state index in [0.29, 0.717) is 17.7 Å². The number of rotatable bonds is 3. The summed E-state index contributed by atoms with van der Waals surface area (Å²) in [6, 6.07) is 5.21. The molecule has 0 unspecified atom stereocenters. The van der Waals surface area contributed by atoms with Crippen LogP contribution in [0.2, 0.25) is 0 Å². The van der Waals surface area contributed by atoms with Crippen LogP contribution in [0.15, 0.2) is 18.2 Å². The first-order valence-electron chi connectivity index (χ1n) is 6.33. The van der Waals surface area contributed by atoms with Crippen LogP contribution in [0.3, 0.4) is 0 Å². The molecule has 0 amide bonds. The molecule has 1 aromatic carbocycles. The van der Waals surface area contributed by atoms with E-state index in [1.54, 1.807) is 18.2 Å². The summed E-state index contributed by atoms with van der Waals surface area (Å²) < 4.78 is 4.72. The largest absolute Gasteiger partial charge is 0.465 e. The molecule has 0 fully saturated rings. The fourth-order valence-electron chi connectivity index (χ4n) is 1.51. The third kappa shape index (κ3) is 4.78. The summed E-state index contributed by atoms with van der Waals surface area (Å²) in [7, 11) is 1.34. The van der Waals surface area contributed by atoms with E-state index in [1.807, 2.05) is 0 Å². The van der Waals surface area contributed by atoms with Crippen molar-refractivity contribution in [3.8, 4) is 23.7 Å². The van der Waals surface area contributed by atoms with Gasteiger partial charge in [-0.15, -0.1) is 0 Å². The predicted octanol–water partition coefficient (Wildman–Crippen LogP) is 0.874. The standard InChI is InChI=1S/C16H18N2O2/c1-20-16(19)15-9-8-13(6-3-2-4-10-17)12-14(15)7-5-11-18/h8-9,12H,2,4,10-11,17-18H2,1H3. The van der Waals surface area contributed by atoms with E-state index in [0.717, 1.165) is 18.4 Å². The lowest BCUT2D eigenvalue weighted by atomic mass is 10.0. The number of carbonyl (C=O) groups excluding carboxylic acids is 1. The first-order chi connectivity index (χ1) is 9.72. The molecule has 0 bridgehead atoms. The molecule has 0 heterocycles. The monoisotopic (exact) mass is 270 g/mol. The minimum atomic E-state index is -0.422. The molecule has 0 saturated heterocycles. The van der Waals surface area contributed by atoms with Crippen molar-refractivity contribution in [2.45, 2.75) is 12.8 Å². The van der Waals surface area contributed by atoms with Crippen LogP contribution >= 0.6 is 0 Å². The summed E-state index contributed by atoms with van der Waals surface area (Å²) in [6.07, 6.45) is 1.62. The minimum Gasteiger partial charge on any atom is -0.465 e. The average Bonchev–Trinajstić information content (AvgIpc) is 2.49. The third-order valence-corrected chi connectivity index (χ3v) is 2.49. The Morgan fingerprint density at radius 2 is 2.05 bits per heavy atom. The van der Waals surface area contributed by atoms with Crippen molar-refractivity contribution in [1.82, 2.24) is 0 Å². The molecule has 0 aliphatic rings. The van der Waals surface area contributed by atoms with E-state index < -0.39 is 5.97 Å². The maximum absolute atomic E-state index is 11.6. The SMILES string of the molecule is COC(=O)c1ccc(C#CCCCN)cc1C#CCN. The Kier molecular flexibility index (Phi) is 6.92. The summed E-state index contributed by atoms with van der Waals surface area (Å²) >= 11 is 0. The number of esters is 1. The number of methoxy groups -OCH3 is 1. The van der Waals surface area contributed by atoms with E-state index in [1.165, 1.54) is 7.11 Å². The van der Waals surface area contributed by atoms with Crippen molar-refractivity contribution in [2.75, 3.05) is 20.2 Å². The van der Waals surface area contributed by atoms with Crippen molar-refractivity contribution in [3.05, 3.63) is 34.9 Å². The number of carbonyl (C=O) groups is 1. The van der Waals surface area contributed by atoms with Gasteiger partial charge in [-0.25, -0.2) is 4.79 Å². The van der Waals surface area contributed by atoms with Gasteiger partial charge in [0, 0.05) is 17.5 Å². The van der Waals surface area contributed by atoms with E-state index in [4.69, 9.17) is 16.2 Å². The molecule has 0 radical (unpaired) electrons. The molecule has 4 N–H and O–H groups in total. The molecule has 1 rings (SSSR count). The lowest BCUT2D eigenvalue weighted by molar-refractivity contribution is 0.0600. The fraction of sp³-hybridized carbons (Fsp3) is 0.312. The van der Waals surface area contributed by atoms with Crippen LogP contribution in [-0.4, -0.2) is 26.2 Å². The summed E-state index contributed by atoms with van der Waals surface area (Å²) in [5, 5.41) is 0. The zero-order valence-electron chi connectivity index (χ0n) is 11.5. The van der Waals surface area contributed by atoms with Crippen LogP contribution < -0.4 is 11.5 Å². The van der Waals surface area contributed by atoms with Gasteiger partial charge < -0.3 is 16.2 Å². The average molecular weight is 270 g/mol. The highest BCUT2D eigenvalue weighted by Gasteiger charge is 2.10. The Balaban J connectivity index is 3.06. The molecular weight excluding hydrogens is 252 g/mol. The quantitative estimate of drug-likeness (QED) is 0.485. The van der Waals surface area contributed by atoms with Crippen molar-refractivity contribution < 1.29 is 9.53 Å². The van der Waals surface area contributed by atoms with Gasteiger partial charge in [0.05, 0.1) is 19.2 Å². The Bertz CT molecular complexity index is 586. The number of nitrogens with two attached hydrogens (primary N) is 2. The number of unbranched alkanes of at least 4 members (excludes halogenated alkanes) is 1. The molecule has 0 saturated carbocycles. The molecule has 0 aromatic heterocycles. The van der Waals surface area contributed by atoms with Gasteiger partial charge in [-0.1, -0.05) is 23.7 Å². The van der Waals surface area contributed by atoms with E-state index in [-0.39, 0.29) is 6.54 Å². The van der Waals surface area contributed by atoms with Gasteiger partial charge in [0.2, 0.25) is 0 Å². The normalized spacial score (nSPS) is 8.95. The lowest BCUT2D eigenvalue weighted by Gasteiger charge is -2.03. The molecule has 1 aromatic rings. The van der Waals surface area contributed by atoms with Gasteiger partial charge >= 0.3 is 5.97 Å². The van der Waals surface area contributed by atoms with Gasteiger partial charge in [0.25, 0.3) is 0 Å². The maximum atomic E-state index is 11.6. The Morgan fingerprint density at radius 3 is 2.70 bits per heavy atom. The maximum Gasteiger partial charge on any atom is 0.339 e. The van der Waals surface area contributed by atoms with E-state index in [2.05, 4.69) is 23.7 Å². The smallest absolute Gasteiger partial charge is 0.339 e. The topological polar surface area (TPSA) is 78.3 Å². The second-order valence-corrected chi connectivity index (χ2v) is 3.95. The molecule has 4 heteroatoms. The number of benzene rings is 1. The molecule has 4 nitrogen and oxygen atoms in total. The van der Waals surface area contributed by atoms with Gasteiger partial charge in [-0.2, -0.15) is 0 Å². The molecule has 0 aliphatic carbocycles.